The lowest BCUT2D eigenvalue weighted by atomic mass is 10.2. The molecule has 0 fully saturated rings. The van der Waals surface area contributed by atoms with Crippen LogP contribution in [-0.4, -0.2) is 29.2 Å². The molecular weight excluding hydrogens is 407 g/mol. The van der Waals surface area contributed by atoms with Gasteiger partial charge in [-0.2, -0.15) is 26.6 Å². The predicted octanol–water partition coefficient (Wildman–Crippen LogP) is 4.24. The normalized spacial score (nSPS) is 12.3. The Morgan fingerprint density at radius 3 is 2.38 bits per heavy atom. The van der Waals surface area contributed by atoms with Crippen LogP contribution in [0.2, 0.25) is 0 Å². The first-order chi connectivity index (χ1) is 13.6. The first-order valence-electron chi connectivity index (χ1n) is 8.67. The molecule has 0 aliphatic carbocycles. The number of alkyl halides is 3. The molecule has 0 atom stereocenters. The second-order valence-corrected chi connectivity index (χ2v) is 8.43. The Morgan fingerprint density at radius 1 is 1.07 bits per heavy atom. The minimum absolute atomic E-state index is 0.0539. The van der Waals surface area contributed by atoms with Crippen molar-refractivity contribution in [2.45, 2.75) is 24.9 Å². The van der Waals surface area contributed by atoms with Gasteiger partial charge in [-0.25, -0.2) is 0 Å². The lowest BCUT2D eigenvalue weighted by Crippen LogP contribution is -2.17. The molecular formula is C19H18F3N3O3S. The van der Waals surface area contributed by atoms with E-state index in [1.165, 1.54) is 0 Å². The SMILES string of the molecule is CC(C)COc1nc(-c2ccccc2)n(S(=O)(=O)c2cccc(C(F)(F)F)c2)n1. The lowest BCUT2D eigenvalue weighted by Gasteiger charge is -2.10. The van der Waals surface area contributed by atoms with Crippen molar-refractivity contribution in [2.75, 3.05) is 6.61 Å². The molecule has 3 rings (SSSR count). The summed E-state index contributed by atoms with van der Waals surface area (Å²) in [5.74, 6) is 0.0870. The summed E-state index contributed by atoms with van der Waals surface area (Å²) in [5.41, 5.74) is -0.647. The number of hydrogen-bond donors (Lipinski definition) is 0. The number of benzene rings is 2. The van der Waals surface area contributed by atoms with Crippen LogP contribution in [-0.2, 0) is 16.2 Å². The van der Waals surface area contributed by atoms with Crippen LogP contribution in [0.25, 0.3) is 11.4 Å². The van der Waals surface area contributed by atoms with Crippen LogP contribution in [0.5, 0.6) is 6.01 Å². The molecule has 0 aliphatic heterocycles. The Balaban J connectivity index is 2.13. The third-order valence-electron chi connectivity index (χ3n) is 3.82. The molecule has 2 aromatic carbocycles. The number of aromatic nitrogens is 3. The molecule has 154 valence electrons. The zero-order valence-corrected chi connectivity index (χ0v) is 16.4. The topological polar surface area (TPSA) is 74.1 Å². The highest BCUT2D eigenvalue weighted by Crippen LogP contribution is 2.32. The Bertz CT molecular complexity index is 1090. The summed E-state index contributed by atoms with van der Waals surface area (Å²) in [7, 11) is -4.46. The van der Waals surface area contributed by atoms with Crippen LogP contribution in [0, 0.1) is 5.92 Å². The number of halogens is 3. The van der Waals surface area contributed by atoms with E-state index in [2.05, 4.69) is 10.1 Å². The van der Waals surface area contributed by atoms with Gasteiger partial charge in [0.15, 0.2) is 5.82 Å². The minimum Gasteiger partial charge on any atom is -0.462 e. The van der Waals surface area contributed by atoms with Gasteiger partial charge in [-0.3, -0.25) is 0 Å². The summed E-state index contributed by atoms with van der Waals surface area (Å²) in [5, 5.41) is 3.91. The molecule has 0 spiro atoms. The van der Waals surface area contributed by atoms with Crippen LogP contribution in [0.1, 0.15) is 19.4 Å². The Morgan fingerprint density at radius 2 is 1.76 bits per heavy atom. The molecule has 0 aliphatic rings. The Kier molecular flexibility index (Phi) is 5.65. The highest BCUT2D eigenvalue weighted by molar-refractivity contribution is 7.90. The molecule has 6 nitrogen and oxygen atoms in total. The molecule has 29 heavy (non-hydrogen) atoms. The molecule has 0 N–H and O–H groups in total. The first kappa shape index (κ1) is 20.8. The quantitative estimate of drug-likeness (QED) is 0.591. The summed E-state index contributed by atoms with van der Waals surface area (Å²) in [6.07, 6.45) is -4.68. The molecule has 1 aromatic heterocycles. The molecule has 0 radical (unpaired) electrons. The van der Waals surface area contributed by atoms with Gasteiger partial charge in [-0.05, 0) is 24.1 Å². The highest BCUT2D eigenvalue weighted by Gasteiger charge is 2.33. The summed E-state index contributed by atoms with van der Waals surface area (Å²) < 4.78 is 71.3. The van der Waals surface area contributed by atoms with Gasteiger partial charge >= 0.3 is 12.2 Å². The Hall–Kier alpha value is -2.88. The van der Waals surface area contributed by atoms with Crippen molar-refractivity contribution < 1.29 is 26.3 Å². The van der Waals surface area contributed by atoms with Crippen LogP contribution in [0.15, 0.2) is 59.5 Å². The average molecular weight is 425 g/mol. The fourth-order valence-corrected chi connectivity index (χ4v) is 3.72. The van der Waals surface area contributed by atoms with E-state index in [0.29, 0.717) is 15.7 Å². The van der Waals surface area contributed by atoms with Crippen molar-refractivity contribution in [3.05, 3.63) is 60.2 Å². The van der Waals surface area contributed by atoms with Crippen molar-refractivity contribution >= 4 is 10.0 Å². The monoisotopic (exact) mass is 425 g/mol. The third kappa shape index (κ3) is 4.58. The summed E-state index contributed by atoms with van der Waals surface area (Å²) >= 11 is 0. The van der Waals surface area contributed by atoms with Crippen LogP contribution < -0.4 is 4.74 Å². The van der Waals surface area contributed by atoms with Crippen LogP contribution >= 0.6 is 0 Å². The van der Waals surface area contributed by atoms with E-state index in [9.17, 15) is 21.6 Å². The van der Waals surface area contributed by atoms with Gasteiger partial charge in [0.05, 0.1) is 17.1 Å². The number of nitrogens with zero attached hydrogens (tertiary/aromatic N) is 3. The molecule has 10 heteroatoms. The maximum Gasteiger partial charge on any atom is 0.416 e. The van der Waals surface area contributed by atoms with Gasteiger partial charge in [-0.1, -0.05) is 55.3 Å². The molecule has 1 heterocycles. The molecule has 0 saturated carbocycles. The van der Waals surface area contributed by atoms with E-state index >= 15 is 0 Å². The number of rotatable bonds is 6. The van der Waals surface area contributed by atoms with E-state index in [4.69, 9.17) is 4.74 Å². The van der Waals surface area contributed by atoms with Gasteiger partial charge in [0.2, 0.25) is 0 Å². The summed E-state index contributed by atoms with van der Waals surface area (Å²) in [6, 6.07) is 11.6. The van der Waals surface area contributed by atoms with Crippen molar-refractivity contribution in [2.24, 2.45) is 5.92 Å². The predicted molar refractivity (Wildman–Crippen MR) is 99.8 cm³/mol. The van der Waals surface area contributed by atoms with E-state index in [0.717, 1.165) is 18.2 Å². The van der Waals surface area contributed by atoms with Gasteiger partial charge in [0, 0.05) is 5.56 Å². The summed E-state index contributed by atoms with van der Waals surface area (Å²) in [6.45, 7) is 4.05. The standard InChI is InChI=1S/C19H18F3N3O3S/c1-13(2)12-28-18-23-17(14-7-4-3-5-8-14)25(24-18)29(26,27)16-10-6-9-15(11-16)19(20,21)22/h3-11,13H,12H2,1-2H3. The third-order valence-corrected chi connectivity index (χ3v) is 5.38. The maximum absolute atomic E-state index is 13.1. The largest absolute Gasteiger partial charge is 0.462 e. The van der Waals surface area contributed by atoms with Crippen molar-refractivity contribution in [3.63, 3.8) is 0 Å². The molecule has 0 unspecified atom stereocenters. The van der Waals surface area contributed by atoms with Gasteiger partial charge in [-0.15, -0.1) is 4.09 Å². The molecule has 0 bridgehead atoms. The molecule has 0 saturated heterocycles. The average Bonchev–Trinajstić information content (AvgIpc) is 3.12. The lowest BCUT2D eigenvalue weighted by molar-refractivity contribution is -0.137. The number of ether oxygens (including phenoxy) is 1. The zero-order chi connectivity index (χ0) is 21.2. The second kappa shape index (κ2) is 7.86. The minimum atomic E-state index is -4.68. The maximum atomic E-state index is 13.1. The van der Waals surface area contributed by atoms with Crippen molar-refractivity contribution in [1.29, 1.82) is 0 Å². The van der Waals surface area contributed by atoms with Gasteiger partial charge < -0.3 is 4.74 Å². The zero-order valence-electron chi connectivity index (χ0n) is 15.6. The fraction of sp³-hybridized carbons (Fsp3) is 0.263. The highest BCUT2D eigenvalue weighted by atomic mass is 32.2. The first-order valence-corrected chi connectivity index (χ1v) is 10.1. The van der Waals surface area contributed by atoms with E-state index in [1.54, 1.807) is 30.3 Å². The van der Waals surface area contributed by atoms with Crippen molar-refractivity contribution in [3.8, 4) is 17.4 Å². The van der Waals surface area contributed by atoms with Gasteiger partial charge in [0.25, 0.3) is 10.0 Å². The molecule has 0 amide bonds. The van der Waals surface area contributed by atoms with Crippen molar-refractivity contribution in [1.82, 2.24) is 14.2 Å². The summed E-state index contributed by atoms with van der Waals surface area (Å²) in [4.78, 5) is 3.59. The van der Waals surface area contributed by atoms with E-state index < -0.39 is 26.7 Å². The number of hydrogen-bond acceptors (Lipinski definition) is 5. The fourth-order valence-electron chi connectivity index (χ4n) is 2.45. The smallest absolute Gasteiger partial charge is 0.416 e. The van der Waals surface area contributed by atoms with E-state index in [1.807, 2.05) is 13.8 Å². The van der Waals surface area contributed by atoms with Crippen LogP contribution in [0.3, 0.4) is 0 Å². The van der Waals surface area contributed by atoms with Crippen LogP contribution in [0.4, 0.5) is 13.2 Å². The Labute approximate surface area is 166 Å². The van der Waals surface area contributed by atoms with E-state index in [-0.39, 0.29) is 24.4 Å². The second-order valence-electron chi connectivity index (χ2n) is 6.66. The molecule has 3 aromatic rings. The van der Waals surface area contributed by atoms with Gasteiger partial charge in [0.1, 0.15) is 0 Å².